The van der Waals surface area contributed by atoms with E-state index in [2.05, 4.69) is 9.97 Å². The molecule has 0 radical (unpaired) electrons. The SMILES string of the molecule is CCOC(=O)c1[nH]cc2c1C1CC2c2c[nH]c(C(=O)OCC)c21. The van der Waals surface area contributed by atoms with E-state index in [9.17, 15) is 9.59 Å². The predicted octanol–water partition coefficient (Wildman–Crippen LogP) is 2.68. The van der Waals surface area contributed by atoms with Gasteiger partial charge in [0.15, 0.2) is 0 Å². The van der Waals surface area contributed by atoms with E-state index in [1.807, 2.05) is 12.4 Å². The van der Waals surface area contributed by atoms with Crippen molar-refractivity contribution in [1.82, 2.24) is 9.97 Å². The Morgan fingerprint density at radius 3 is 1.87 bits per heavy atom. The third kappa shape index (κ3) is 1.81. The third-order valence-corrected chi connectivity index (χ3v) is 4.78. The Morgan fingerprint density at radius 2 is 1.43 bits per heavy atom. The molecule has 0 unspecified atom stereocenters. The Balaban J connectivity index is 1.77. The fourth-order valence-electron chi connectivity index (χ4n) is 4.01. The van der Waals surface area contributed by atoms with Crippen molar-refractivity contribution in [3.8, 4) is 0 Å². The van der Waals surface area contributed by atoms with Crippen LogP contribution < -0.4 is 0 Å². The Labute approximate surface area is 133 Å². The van der Waals surface area contributed by atoms with Crippen molar-refractivity contribution in [3.05, 3.63) is 46.0 Å². The highest BCUT2D eigenvalue weighted by atomic mass is 16.5. The second-order valence-electron chi connectivity index (χ2n) is 5.85. The molecule has 6 nitrogen and oxygen atoms in total. The summed E-state index contributed by atoms with van der Waals surface area (Å²) in [6, 6.07) is 0. The minimum atomic E-state index is -0.337. The molecule has 4 rings (SSSR count). The zero-order chi connectivity index (χ0) is 16.1. The first kappa shape index (κ1) is 14.1. The number of fused-ring (bicyclic) bond motifs is 8. The maximum absolute atomic E-state index is 12.2. The van der Waals surface area contributed by atoms with Gasteiger partial charge in [0.05, 0.1) is 13.2 Å². The van der Waals surface area contributed by atoms with Gasteiger partial charge in [-0.15, -0.1) is 0 Å². The van der Waals surface area contributed by atoms with Gasteiger partial charge in [-0.1, -0.05) is 0 Å². The first-order chi connectivity index (χ1) is 11.2. The van der Waals surface area contributed by atoms with Crippen LogP contribution in [0.3, 0.4) is 0 Å². The maximum atomic E-state index is 12.2. The molecule has 2 heterocycles. The minimum absolute atomic E-state index is 0.0429. The predicted molar refractivity (Wildman–Crippen MR) is 81.8 cm³/mol. The van der Waals surface area contributed by atoms with Crippen molar-refractivity contribution in [2.45, 2.75) is 32.1 Å². The van der Waals surface area contributed by atoms with Crippen molar-refractivity contribution in [1.29, 1.82) is 0 Å². The lowest BCUT2D eigenvalue weighted by molar-refractivity contribution is 0.0511. The Kier molecular flexibility index (Phi) is 3.07. The first-order valence-electron chi connectivity index (χ1n) is 7.93. The number of aromatic nitrogens is 2. The number of ether oxygens (including phenoxy) is 2. The highest BCUT2D eigenvalue weighted by molar-refractivity contribution is 5.94. The van der Waals surface area contributed by atoms with Gasteiger partial charge in [-0.3, -0.25) is 0 Å². The van der Waals surface area contributed by atoms with Crippen LogP contribution in [0.2, 0.25) is 0 Å². The molecule has 2 aromatic heterocycles. The van der Waals surface area contributed by atoms with Gasteiger partial charge in [-0.2, -0.15) is 0 Å². The van der Waals surface area contributed by atoms with Crippen LogP contribution in [0, 0.1) is 0 Å². The summed E-state index contributed by atoms with van der Waals surface area (Å²) in [5.41, 5.74) is 5.25. The van der Waals surface area contributed by atoms with Crippen molar-refractivity contribution < 1.29 is 19.1 Å². The number of carbonyl (C=O) groups excluding carboxylic acids is 2. The number of carbonyl (C=O) groups is 2. The zero-order valence-corrected chi connectivity index (χ0v) is 13.1. The smallest absolute Gasteiger partial charge is 0.355 e. The molecular formula is C17H18N2O4. The standard InChI is InChI=1S/C17H18N2O4/c1-3-22-16(20)14-12-9-5-8(10(12)6-18-14)11-7-19-15(13(9)11)17(21)23-4-2/h6-9,18-19H,3-5H2,1-2H3. The number of esters is 2. The second kappa shape index (κ2) is 5.01. The lowest BCUT2D eigenvalue weighted by Crippen LogP contribution is -2.13. The molecule has 0 atom stereocenters. The van der Waals surface area contributed by atoms with E-state index >= 15 is 0 Å². The van der Waals surface area contributed by atoms with Crippen LogP contribution in [0.25, 0.3) is 0 Å². The number of rotatable bonds is 4. The highest BCUT2D eigenvalue weighted by Crippen LogP contribution is 2.58. The van der Waals surface area contributed by atoms with E-state index < -0.39 is 0 Å². The van der Waals surface area contributed by atoms with Crippen molar-refractivity contribution in [2.75, 3.05) is 13.2 Å². The van der Waals surface area contributed by atoms with Crippen molar-refractivity contribution >= 4 is 11.9 Å². The van der Waals surface area contributed by atoms with Crippen LogP contribution in [0.15, 0.2) is 12.4 Å². The largest absolute Gasteiger partial charge is 0.461 e. The molecule has 2 N–H and O–H groups in total. The summed E-state index contributed by atoms with van der Waals surface area (Å²) in [5.74, 6) is -0.405. The van der Waals surface area contributed by atoms with E-state index in [1.54, 1.807) is 13.8 Å². The van der Waals surface area contributed by atoms with E-state index in [-0.39, 0.29) is 23.8 Å². The fourth-order valence-corrected chi connectivity index (χ4v) is 4.01. The van der Waals surface area contributed by atoms with Crippen LogP contribution in [0.4, 0.5) is 0 Å². The molecule has 6 heteroatoms. The van der Waals surface area contributed by atoms with Crippen LogP contribution >= 0.6 is 0 Å². The van der Waals surface area contributed by atoms with E-state index in [1.165, 1.54) is 0 Å². The Hall–Kier alpha value is -2.50. The average molecular weight is 314 g/mol. The molecule has 23 heavy (non-hydrogen) atoms. The summed E-state index contributed by atoms with van der Waals surface area (Å²) < 4.78 is 10.3. The monoisotopic (exact) mass is 314 g/mol. The summed E-state index contributed by atoms with van der Waals surface area (Å²) in [5, 5.41) is 0. The van der Waals surface area contributed by atoms with E-state index in [0.717, 1.165) is 28.7 Å². The number of hydrogen-bond donors (Lipinski definition) is 2. The lowest BCUT2D eigenvalue weighted by atomic mass is 9.88. The van der Waals surface area contributed by atoms with Gasteiger partial charge >= 0.3 is 11.9 Å². The summed E-state index contributed by atoms with van der Waals surface area (Å²) in [7, 11) is 0. The lowest BCUT2D eigenvalue weighted by Gasteiger charge is -2.15. The van der Waals surface area contributed by atoms with Crippen LogP contribution in [0.5, 0.6) is 0 Å². The van der Waals surface area contributed by atoms with Gasteiger partial charge in [0.25, 0.3) is 0 Å². The molecule has 2 aromatic rings. The molecule has 0 saturated carbocycles. The van der Waals surface area contributed by atoms with Crippen LogP contribution in [-0.2, 0) is 9.47 Å². The van der Waals surface area contributed by atoms with Gasteiger partial charge in [0.1, 0.15) is 11.4 Å². The molecule has 0 aromatic carbocycles. The molecule has 0 spiro atoms. The van der Waals surface area contributed by atoms with Crippen molar-refractivity contribution in [3.63, 3.8) is 0 Å². The second-order valence-corrected chi connectivity index (χ2v) is 5.85. The Bertz CT molecular complexity index is 737. The first-order valence-corrected chi connectivity index (χ1v) is 7.93. The molecule has 0 aliphatic heterocycles. The Morgan fingerprint density at radius 1 is 0.957 bits per heavy atom. The van der Waals surface area contributed by atoms with Crippen LogP contribution in [0.1, 0.15) is 75.3 Å². The maximum Gasteiger partial charge on any atom is 0.355 e. The van der Waals surface area contributed by atoms with E-state index in [0.29, 0.717) is 24.6 Å². The molecule has 0 saturated heterocycles. The normalized spacial score (nSPS) is 20.3. The topological polar surface area (TPSA) is 84.2 Å². The van der Waals surface area contributed by atoms with E-state index in [4.69, 9.17) is 9.47 Å². The zero-order valence-electron chi connectivity index (χ0n) is 13.1. The highest BCUT2D eigenvalue weighted by Gasteiger charge is 2.47. The molecule has 120 valence electrons. The van der Waals surface area contributed by atoms with Gasteiger partial charge in [-0.05, 0) is 42.5 Å². The molecule has 2 aliphatic rings. The third-order valence-electron chi connectivity index (χ3n) is 4.78. The number of hydrogen-bond acceptors (Lipinski definition) is 4. The number of H-pyrrole nitrogens is 2. The van der Waals surface area contributed by atoms with Gasteiger partial charge in [-0.25, -0.2) is 9.59 Å². The average Bonchev–Trinajstić information content (AvgIpc) is 3.25. The summed E-state index contributed by atoms with van der Waals surface area (Å²) >= 11 is 0. The molecule has 0 fully saturated rings. The van der Waals surface area contributed by atoms with Gasteiger partial charge < -0.3 is 19.4 Å². The summed E-state index contributed by atoms with van der Waals surface area (Å²) in [4.78, 5) is 30.4. The van der Waals surface area contributed by atoms with Crippen molar-refractivity contribution in [2.24, 2.45) is 0 Å². The molecule has 2 aliphatic carbocycles. The number of nitrogens with one attached hydrogen (secondary N) is 2. The number of aromatic amines is 2. The quantitative estimate of drug-likeness (QED) is 0.850. The molecule has 0 amide bonds. The summed E-state index contributed by atoms with van der Waals surface area (Å²) in [6.07, 6.45) is 4.69. The fraction of sp³-hybridized carbons (Fsp3) is 0.412. The molecule has 2 bridgehead atoms. The van der Waals surface area contributed by atoms with Gasteiger partial charge in [0.2, 0.25) is 0 Å². The van der Waals surface area contributed by atoms with Gasteiger partial charge in [0, 0.05) is 24.2 Å². The summed E-state index contributed by atoms with van der Waals surface area (Å²) in [6.45, 7) is 4.25. The van der Waals surface area contributed by atoms with Crippen LogP contribution in [-0.4, -0.2) is 35.1 Å². The minimum Gasteiger partial charge on any atom is -0.461 e. The molecular weight excluding hydrogens is 296 g/mol.